The monoisotopic (exact) mass is 582 g/mol. The van der Waals surface area contributed by atoms with E-state index in [-0.39, 0.29) is 35.9 Å². The first-order chi connectivity index (χ1) is 19.3. The zero-order chi connectivity index (χ0) is 31.0. The van der Waals surface area contributed by atoms with E-state index in [1.165, 1.54) is 24.3 Å². The number of nitrogens with two attached hydrogens (primary N) is 1. The van der Waals surface area contributed by atoms with Gasteiger partial charge in [0.05, 0.1) is 12.2 Å². The highest BCUT2D eigenvalue weighted by molar-refractivity contribution is 6.09. The van der Waals surface area contributed by atoms with Gasteiger partial charge in [0.1, 0.15) is 42.0 Å². The van der Waals surface area contributed by atoms with Crippen molar-refractivity contribution in [2.45, 2.75) is 13.1 Å². The summed E-state index contributed by atoms with van der Waals surface area (Å²) in [5.74, 6) is -4.33. The van der Waals surface area contributed by atoms with Crippen LogP contribution >= 0.6 is 0 Å². The molecule has 0 aliphatic rings. The van der Waals surface area contributed by atoms with Gasteiger partial charge in [0.15, 0.2) is 12.4 Å². The van der Waals surface area contributed by atoms with Gasteiger partial charge in [0.25, 0.3) is 0 Å². The van der Waals surface area contributed by atoms with Crippen LogP contribution in [-0.4, -0.2) is 67.9 Å². The molecular formula is C27H27F3NO10-. The van der Waals surface area contributed by atoms with Gasteiger partial charge in [-0.3, -0.25) is 4.79 Å². The number of esters is 1. The van der Waals surface area contributed by atoms with Crippen LogP contribution in [0.5, 0.6) is 17.2 Å². The molecule has 0 unspecified atom stereocenters. The number of carboxylic acids is 2. The average molecular weight is 583 g/mol. The number of hydrogen-bond acceptors (Lipinski definition) is 10. The summed E-state index contributed by atoms with van der Waals surface area (Å²) in [6.07, 6.45) is -0.796. The Morgan fingerprint density at radius 1 is 1.02 bits per heavy atom. The van der Waals surface area contributed by atoms with Crippen molar-refractivity contribution in [3.63, 3.8) is 0 Å². The number of carboxylic acid groups (broad SMARTS) is 2. The highest BCUT2D eigenvalue weighted by atomic mass is 19.4. The molecule has 2 aromatic rings. The van der Waals surface area contributed by atoms with Crippen LogP contribution in [0.4, 0.5) is 13.2 Å². The summed E-state index contributed by atoms with van der Waals surface area (Å²) in [7, 11) is 0. The predicted octanol–water partition coefficient (Wildman–Crippen LogP) is 2.42. The Labute approximate surface area is 232 Å². The highest BCUT2D eigenvalue weighted by Crippen LogP contribution is 2.26. The molecule has 222 valence electrons. The maximum Gasteiger partial charge on any atom is 0.430 e. The molecular weight excluding hydrogens is 555 g/mol. The fourth-order valence-electron chi connectivity index (χ4n) is 2.79. The van der Waals surface area contributed by atoms with E-state index >= 15 is 0 Å². The summed E-state index contributed by atoms with van der Waals surface area (Å²) in [5, 5.41) is 17.6. The second kappa shape index (κ2) is 17.0. The number of aliphatic carboxylic acids is 2. The van der Waals surface area contributed by atoms with Crippen LogP contribution in [0.25, 0.3) is 6.08 Å². The van der Waals surface area contributed by atoms with Gasteiger partial charge in [-0.15, -0.1) is 0 Å². The first-order valence-corrected chi connectivity index (χ1v) is 11.7. The van der Waals surface area contributed by atoms with Crippen LogP contribution in [0.1, 0.15) is 33.2 Å². The molecule has 2 rings (SSSR count). The summed E-state index contributed by atoms with van der Waals surface area (Å²) in [6, 6.07) is 9.35. The Morgan fingerprint density at radius 2 is 1.66 bits per heavy atom. The lowest BCUT2D eigenvalue weighted by Crippen LogP contribution is -2.37. The van der Waals surface area contributed by atoms with Crippen LogP contribution in [-0.2, 0) is 14.3 Å². The average Bonchev–Trinajstić information content (AvgIpc) is 2.92. The molecule has 3 N–H and O–H groups in total. The molecule has 0 radical (unpaired) electrons. The number of carbonyl (C=O) groups excluding carboxylic acids is 3. The van der Waals surface area contributed by atoms with Crippen molar-refractivity contribution in [2.75, 3.05) is 33.0 Å². The molecule has 0 spiro atoms. The first kappa shape index (κ1) is 34.2. The van der Waals surface area contributed by atoms with Gasteiger partial charge in [0, 0.05) is 6.54 Å². The zero-order valence-electron chi connectivity index (χ0n) is 21.8. The molecule has 0 amide bonds. The van der Waals surface area contributed by atoms with Gasteiger partial charge < -0.3 is 39.7 Å². The number of ketones is 1. The molecule has 2 aromatic carbocycles. The molecule has 0 atom stereocenters. The minimum Gasteiger partial charge on any atom is -0.542 e. The third kappa shape index (κ3) is 12.3. The standard InChI is InChI=1S/C25H27NO8.C2HF3O2/c1-3-12-33-22-10-7-18(32-13-11-26)15-19(22)21(27)8-5-17-6-9-23(34-16-24(28)29)20(14-17)25(30)31-4-2;3-2(4,5)1(6)7/h3,5-10,14-15H,1,4,11-13,16,26H2,2H3,(H,28,29);(H,6,7)/p-1/b8-5+;. The predicted molar refractivity (Wildman–Crippen MR) is 137 cm³/mol. The van der Waals surface area contributed by atoms with E-state index in [2.05, 4.69) is 6.58 Å². The summed E-state index contributed by atoms with van der Waals surface area (Å²) < 4.78 is 52.8. The minimum absolute atomic E-state index is 0.0462. The van der Waals surface area contributed by atoms with Gasteiger partial charge in [-0.05, 0) is 48.9 Å². The molecule has 0 saturated heterocycles. The van der Waals surface area contributed by atoms with Crippen molar-refractivity contribution < 1.29 is 61.5 Å². The minimum atomic E-state index is -5.19. The van der Waals surface area contributed by atoms with Crippen LogP contribution in [0.15, 0.2) is 55.1 Å². The van der Waals surface area contributed by atoms with Crippen molar-refractivity contribution >= 4 is 29.8 Å². The number of alkyl halides is 3. The third-order valence-corrected chi connectivity index (χ3v) is 4.47. The molecule has 0 aliphatic carbocycles. The number of hydrogen-bond donors (Lipinski definition) is 2. The van der Waals surface area contributed by atoms with E-state index in [4.69, 9.17) is 39.7 Å². The molecule has 0 aliphatic heterocycles. The zero-order valence-corrected chi connectivity index (χ0v) is 21.8. The topological polar surface area (TPSA) is 175 Å². The lowest BCUT2D eigenvalue weighted by Gasteiger charge is -2.11. The van der Waals surface area contributed by atoms with Gasteiger partial charge in [-0.1, -0.05) is 24.8 Å². The quantitative estimate of drug-likeness (QED) is 0.145. The van der Waals surface area contributed by atoms with Crippen LogP contribution in [0.3, 0.4) is 0 Å². The summed E-state index contributed by atoms with van der Waals surface area (Å²) in [4.78, 5) is 44.8. The van der Waals surface area contributed by atoms with E-state index in [1.807, 2.05) is 0 Å². The van der Waals surface area contributed by atoms with Gasteiger partial charge in [0.2, 0.25) is 0 Å². The number of carbonyl (C=O) groups is 4. The van der Waals surface area contributed by atoms with Crippen molar-refractivity contribution in [2.24, 2.45) is 5.73 Å². The Hall–Kier alpha value is -4.85. The molecule has 0 fully saturated rings. The lowest BCUT2D eigenvalue weighted by molar-refractivity contribution is -0.344. The highest BCUT2D eigenvalue weighted by Gasteiger charge is 2.28. The van der Waals surface area contributed by atoms with Crippen molar-refractivity contribution in [3.8, 4) is 17.2 Å². The van der Waals surface area contributed by atoms with E-state index < -0.39 is 30.7 Å². The summed E-state index contributed by atoms with van der Waals surface area (Å²) >= 11 is 0. The Morgan fingerprint density at radius 3 is 2.22 bits per heavy atom. The fourth-order valence-corrected chi connectivity index (χ4v) is 2.79. The molecule has 41 heavy (non-hydrogen) atoms. The molecule has 0 aromatic heterocycles. The number of halogens is 3. The SMILES string of the molecule is C=CCOc1ccc(OCCN)cc1C(=O)/C=C/c1ccc(OCC(=O)O)c(C(=O)OCC)c1.O=C([O-])C(F)(F)F. The number of allylic oxidation sites excluding steroid dienone is 1. The van der Waals surface area contributed by atoms with Crippen molar-refractivity contribution in [1.82, 2.24) is 0 Å². The number of ether oxygens (including phenoxy) is 4. The Bertz CT molecular complexity index is 1260. The number of benzene rings is 2. The van der Waals surface area contributed by atoms with E-state index in [0.717, 1.165) is 0 Å². The van der Waals surface area contributed by atoms with E-state index in [1.54, 1.807) is 37.3 Å². The first-order valence-electron chi connectivity index (χ1n) is 11.7. The summed E-state index contributed by atoms with van der Waals surface area (Å²) in [6.45, 7) is 5.61. The van der Waals surface area contributed by atoms with E-state index in [0.29, 0.717) is 30.2 Å². The normalized spacial score (nSPS) is 10.7. The van der Waals surface area contributed by atoms with Gasteiger partial charge in [-0.25, -0.2) is 9.59 Å². The molecule has 0 heterocycles. The molecule has 0 saturated carbocycles. The van der Waals surface area contributed by atoms with E-state index in [9.17, 15) is 27.6 Å². The van der Waals surface area contributed by atoms with Crippen molar-refractivity contribution in [3.05, 3.63) is 71.8 Å². The Balaban J connectivity index is 0.00000106. The largest absolute Gasteiger partial charge is 0.542 e. The van der Waals surface area contributed by atoms with Crippen LogP contribution in [0.2, 0.25) is 0 Å². The maximum atomic E-state index is 12.9. The van der Waals surface area contributed by atoms with Crippen LogP contribution < -0.4 is 25.1 Å². The Kier molecular flexibility index (Phi) is 14.1. The number of rotatable bonds is 14. The second-order valence-electron chi connectivity index (χ2n) is 7.54. The second-order valence-corrected chi connectivity index (χ2v) is 7.54. The fraction of sp³-hybridized carbons (Fsp3) is 0.259. The molecule has 14 heteroatoms. The lowest BCUT2D eigenvalue weighted by atomic mass is 10.1. The smallest absolute Gasteiger partial charge is 0.430 e. The third-order valence-electron chi connectivity index (χ3n) is 4.47. The molecule has 11 nitrogen and oxygen atoms in total. The maximum absolute atomic E-state index is 12.9. The van der Waals surface area contributed by atoms with Crippen LogP contribution in [0, 0.1) is 0 Å². The van der Waals surface area contributed by atoms with Gasteiger partial charge >= 0.3 is 18.1 Å². The summed E-state index contributed by atoms with van der Waals surface area (Å²) in [5.41, 5.74) is 6.30. The van der Waals surface area contributed by atoms with Gasteiger partial charge in [-0.2, -0.15) is 13.2 Å². The molecule has 0 bridgehead atoms. The van der Waals surface area contributed by atoms with Crippen molar-refractivity contribution in [1.29, 1.82) is 0 Å².